The van der Waals surface area contributed by atoms with Gasteiger partial charge in [-0.3, -0.25) is 14.2 Å². The predicted molar refractivity (Wildman–Crippen MR) is 121 cm³/mol. The van der Waals surface area contributed by atoms with E-state index in [0.29, 0.717) is 48.3 Å². The number of hydrogen-bond acceptors (Lipinski definition) is 6. The molecule has 0 atom stereocenters. The van der Waals surface area contributed by atoms with Crippen LogP contribution in [-0.4, -0.2) is 58.1 Å². The molecule has 3 aromatic rings. The molecule has 0 spiro atoms. The van der Waals surface area contributed by atoms with E-state index in [4.69, 9.17) is 4.74 Å². The van der Waals surface area contributed by atoms with Crippen LogP contribution in [0.1, 0.15) is 37.0 Å². The Morgan fingerprint density at radius 2 is 1.72 bits per heavy atom. The molecule has 32 heavy (non-hydrogen) atoms. The van der Waals surface area contributed by atoms with Crippen molar-refractivity contribution in [2.24, 2.45) is 0 Å². The quantitative estimate of drug-likeness (QED) is 0.460. The Labute approximate surface area is 185 Å². The molecule has 1 saturated heterocycles. The fourth-order valence-corrected chi connectivity index (χ4v) is 4.20. The maximum Gasteiger partial charge on any atom is 0.410 e. The normalized spacial score (nSPS) is 15.7. The number of rotatable bonds is 1. The Bertz CT molecular complexity index is 1310. The third kappa shape index (κ3) is 3.32. The van der Waals surface area contributed by atoms with E-state index in [1.165, 1.54) is 4.57 Å². The summed E-state index contributed by atoms with van der Waals surface area (Å²) in [6.07, 6.45) is -0.310. The van der Waals surface area contributed by atoms with E-state index >= 15 is 0 Å². The monoisotopic (exact) mass is 432 g/mol. The number of carbonyl (C=O) groups excluding carboxylic acids is 2. The Balaban J connectivity index is 1.44. The van der Waals surface area contributed by atoms with Gasteiger partial charge in [-0.15, -0.1) is 0 Å². The number of nitrogens with zero attached hydrogens (tertiary/aromatic N) is 4. The van der Waals surface area contributed by atoms with Crippen LogP contribution in [0.3, 0.4) is 0 Å². The van der Waals surface area contributed by atoms with E-state index in [-0.39, 0.29) is 23.3 Å². The highest BCUT2D eigenvalue weighted by atomic mass is 16.6. The van der Waals surface area contributed by atoms with Crippen LogP contribution in [0.4, 0.5) is 10.5 Å². The van der Waals surface area contributed by atoms with Gasteiger partial charge in [0.2, 0.25) is 5.78 Å². The van der Waals surface area contributed by atoms with E-state index in [1.807, 2.05) is 32.9 Å². The number of carbonyl (C=O) groups is 2. The number of amides is 1. The number of ether oxygens (including phenoxy) is 1. The SMILES string of the molecule is CC(C)(C)OC(=O)N1CCN(c2ccc3c(c2)-n2c(nc4ccccc4c2=O)C3=O)CC1. The lowest BCUT2D eigenvalue weighted by molar-refractivity contribution is 0.0240. The molecule has 8 nitrogen and oxygen atoms in total. The number of fused-ring (bicyclic) bond motifs is 4. The molecule has 5 rings (SSSR count). The summed E-state index contributed by atoms with van der Waals surface area (Å²) in [5.74, 6) is -0.0975. The van der Waals surface area contributed by atoms with Crippen molar-refractivity contribution in [3.8, 4) is 5.69 Å². The first-order valence-corrected chi connectivity index (χ1v) is 10.7. The minimum Gasteiger partial charge on any atom is -0.444 e. The number of anilines is 1. The maximum absolute atomic E-state index is 13.1. The van der Waals surface area contributed by atoms with Crippen LogP contribution in [-0.2, 0) is 4.74 Å². The second kappa shape index (κ2) is 7.19. The third-order valence-electron chi connectivity index (χ3n) is 5.74. The van der Waals surface area contributed by atoms with Crippen LogP contribution >= 0.6 is 0 Å². The number of piperazine rings is 1. The number of para-hydroxylation sites is 1. The van der Waals surface area contributed by atoms with Crippen LogP contribution in [0.25, 0.3) is 16.6 Å². The van der Waals surface area contributed by atoms with Crippen molar-refractivity contribution in [2.75, 3.05) is 31.1 Å². The van der Waals surface area contributed by atoms with Crippen LogP contribution in [0.15, 0.2) is 47.3 Å². The highest BCUT2D eigenvalue weighted by molar-refractivity contribution is 6.13. The average molecular weight is 432 g/mol. The van der Waals surface area contributed by atoms with E-state index in [2.05, 4.69) is 9.88 Å². The van der Waals surface area contributed by atoms with Crippen molar-refractivity contribution in [1.29, 1.82) is 0 Å². The summed E-state index contributed by atoms with van der Waals surface area (Å²) < 4.78 is 6.88. The highest BCUT2D eigenvalue weighted by Crippen LogP contribution is 2.30. The highest BCUT2D eigenvalue weighted by Gasteiger charge is 2.32. The summed E-state index contributed by atoms with van der Waals surface area (Å²) >= 11 is 0. The van der Waals surface area contributed by atoms with Crippen LogP contribution in [0.5, 0.6) is 0 Å². The first-order valence-electron chi connectivity index (χ1n) is 10.7. The molecule has 3 heterocycles. The van der Waals surface area contributed by atoms with Crippen molar-refractivity contribution < 1.29 is 14.3 Å². The Kier molecular flexibility index (Phi) is 4.54. The van der Waals surface area contributed by atoms with Crippen molar-refractivity contribution in [1.82, 2.24) is 14.5 Å². The van der Waals surface area contributed by atoms with Crippen molar-refractivity contribution in [2.45, 2.75) is 26.4 Å². The largest absolute Gasteiger partial charge is 0.444 e. The van der Waals surface area contributed by atoms with E-state index in [9.17, 15) is 14.4 Å². The number of benzene rings is 2. The Morgan fingerprint density at radius 1 is 1.00 bits per heavy atom. The van der Waals surface area contributed by atoms with E-state index < -0.39 is 5.60 Å². The first-order chi connectivity index (χ1) is 15.2. The lowest BCUT2D eigenvalue weighted by Gasteiger charge is -2.36. The van der Waals surface area contributed by atoms with Gasteiger partial charge < -0.3 is 14.5 Å². The molecule has 164 valence electrons. The predicted octanol–water partition coefficient (Wildman–Crippen LogP) is 2.99. The molecule has 1 aromatic heterocycles. The molecule has 2 aromatic carbocycles. The van der Waals surface area contributed by atoms with Gasteiger partial charge in [-0.1, -0.05) is 12.1 Å². The third-order valence-corrected chi connectivity index (χ3v) is 5.74. The molecule has 0 bridgehead atoms. The minimum absolute atomic E-state index is 0.149. The van der Waals surface area contributed by atoms with Gasteiger partial charge in [-0.25, -0.2) is 9.78 Å². The van der Waals surface area contributed by atoms with E-state index in [1.54, 1.807) is 35.2 Å². The van der Waals surface area contributed by atoms with Gasteiger partial charge in [-0.2, -0.15) is 0 Å². The zero-order valence-corrected chi connectivity index (χ0v) is 18.3. The second-order valence-corrected chi connectivity index (χ2v) is 9.08. The molecule has 2 aliphatic rings. The molecule has 0 saturated carbocycles. The fraction of sp³-hybridized carbons (Fsp3) is 0.333. The Hall–Kier alpha value is -3.68. The number of ketones is 1. The van der Waals surface area contributed by atoms with Gasteiger partial charge in [-0.05, 0) is 51.1 Å². The van der Waals surface area contributed by atoms with Gasteiger partial charge in [0.15, 0.2) is 5.82 Å². The average Bonchev–Trinajstić information content (AvgIpc) is 3.04. The van der Waals surface area contributed by atoms with Crippen molar-refractivity contribution in [3.05, 3.63) is 64.2 Å². The minimum atomic E-state index is -0.528. The van der Waals surface area contributed by atoms with Crippen LogP contribution in [0, 0.1) is 0 Å². The van der Waals surface area contributed by atoms with Crippen LogP contribution < -0.4 is 10.5 Å². The summed E-state index contributed by atoms with van der Waals surface area (Å²) in [7, 11) is 0. The molecule has 0 N–H and O–H groups in total. The smallest absolute Gasteiger partial charge is 0.410 e. The second-order valence-electron chi connectivity index (χ2n) is 9.08. The van der Waals surface area contributed by atoms with Crippen LogP contribution in [0.2, 0.25) is 0 Å². The van der Waals surface area contributed by atoms with Gasteiger partial charge in [0.05, 0.1) is 22.2 Å². The standard InChI is InChI=1S/C24H24N4O4/c1-24(2,3)32-23(31)27-12-10-26(11-13-27)15-8-9-17-19(14-15)28-21(20(17)29)25-18-7-5-4-6-16(18)22(28)30/h4-9,14H,10-13H2,1-3H3. The topological polar surface area (TPSA) is 84.7 Å². The summed E-state index contributed by atoms with van der Waals surface area (Å²) in [6, 6.07) is 12.6. The molecule has 8 heteroatoms. The maximum atomic E-state index is 13.1. The fourth-order valence-electron chi connectivity index (χ4n) is 4.20. The molecule has 1 fully saturated rings. The molecule has 2 aliphatic heterocycles. The van der Waals surface area contributed by atoms with E-state index in [0.717, 1.165) is 5.69 Å². The van der Waals surface area contributed by atoms with Gasteiger partial charge in [0.25, 0.3) is 5.56 Å². The summed E-state index contributed by atoms with van der Waals surface area (Å²) in [6.45, 7) is 7.88. The lowest BCUT2D eigenvalue weighted by atomic mass is 10.1. The molecule has 1 amide bonds. The molecular weight excluding hydrogens is 408 g/mol. The molecule has 0 unspecified atom stereocenters. The van der Waals surface area contributed by atoms with Gasteiger partial charge in [0, 0.05) is 31.9 Å². The summed E-state index contributed by atoms with van der Waals surface area (Å²) in [4.78, 5) is 46.7. The molecule has 0 radical (unpaired) electrons. The molecular formula is C24H24N4O4. The number of hydrogen-bond donors (Lipinski definition) is 0. The lowest BCUT2D eigenvalue weighted by Crippen LogP contribution is -2.50. The first kappa shape index (κ1) is 20.2. The molecule has 0 aliphatic carbocycles. The van der Waals surface area contributed by atoms with Crippen molar-refractivity contribution in [3.63, 3.8) is 0 Å². The zero-order valence-electron chi connectivity index (χ0n) is 18.3. The van der Waals surface area contributed by atoms with Gasteiger partial charge in [0.1, 0.15) is 5.60 Å². The van der Waals surface area contributed by atoms with Crippen molar-refractivity contribution >= 4 is 28.5 Å². The number of aromatic nitrogens is 2. The van der Waals surface area contributed by atoms with Gasteiger partial charge >= 0.3 is 6.09 Å². The Morgan fingerprint density at radius 3 is 2.44 bits per heavy atom. The summed E-state index contributed by atoms with van der Waals surface area (Å²) in [5.41, 5.74) is 1.67. The summed E-state index contributed by atoms with van der Waals surface area (Å²) in [5, 5.41) is 0.480. The zero-order chi connectivity index (χ0) is 22.6.